The van der Waals surface area contributed by atoms with Crippen LogP contribution in [0.1, 0.15) is 38.5 Å². The molecule has 4 saturated carbocycles. The molecule has 0 heterocycles. The molecule has 32 heavy (non-hydrogen) atoms. The highest BCUT2D eigenvalue weighted by Gasteiger charge is 2.68. The summed E-state index contributed by atoms with van der Waals surface area (Å²) in [5, 5.41) is 2.87. The molecule has 1 aromatic carbocycles. The topological polar surface area (TPSA) is 73.9 Å². The van der Waals surface area contributed by atoms with Crippen LogP contribution in [0.5, 0.6) is 5.75 Å². The van der Waals surface area contributed by atoms with Crippen LogP contribution in [0.25, 0.3) is 0 Å². The lowest BCUT2D eigenvalue weighted by molar-refractivity contribution is -0.354. The van der Waals surface area contributed by atoms with Crippen molar-refractivity contribution in [3.05, 3.63) is 29.0 Å². The van der Waals surface area contributed by atoms with Crippen LogP contribution in [0.3, 0.4) is 0 Å². The predicted octanol–water partition coefficient (Wildman–Crippen LogP) is 4.15. The molecule has 176 valence electrons. The standard InChI is InChI=1S/C21H22ClF4NO5/c22-15-2-1-13(5-16(15)23)30-8-17(28)27-20-9-19(10-20,11-20)6-18(29)31-7-12-3-14(4-12)32-21(24,25)26/h1-2,5,12,14H,3-4,6-11H2,(H,27,28). The van der Waals surface area contributed by atoms with Crippen molar-refractivity contribution < 1.29 is 41.4 Å². The number of nitrogens with one attached hydrogen (secondary N) is 1. The molecule has 1 aromatic rings. The fourth-order valence-electron chi connectivity index (χ4n) is 5.03. The van der Waals surface area contributed by atoms with Crippen LogP contribution >= 0.6 is 11.6 Å². The van der Waals surface area contributed by atoms with Gasteiger partial charge in [0.1, 0.15) is 11.6 Å². The van der Waals surface area contributed by atoms with E-state index in [2.05, 4.69) is 10.1 Å². The van der Waals surface area contributed by atoms with Gasteiger partial charge in [0, 0.05) is 11.6 Å². The van der Waals surface area contributed by atoms with Gasteiger partial charge < -0.3 is 14.8 Å². The minimum atomic E-state index is -4.64. The van der Waals surface area contributed by atoms with Crippen LogP contribution in [0.4, 0.5) is 17.6 Å². The van der Waals surface area contributed by atoms with Gasteiger partial charge in [0.2, 0.25) is 0 Å². The zero-order chi connectivity index (χ0) is 23.1. The van der Waals surface area contributed by atoms with E-state index in [0.717, 1.165) is 6.07 Å². The number of esters is 1. The Morgan fingerprint density at radius 1 is 1.19 bits per heavy atom. The number of carbonyl (C=O) groups excluding carboxylic acids is 2. The molecule has 2 bridgehead atoms. The third-order valence-corrected chi connectivity index (χ3v) is 6.60. The minimum Gasteiger partial charge on any atom is -0.484 e. The van der Waals surface area contributed by atoms with Gasteiger partial charge in [0.25, 0.3) is 5.91 Å². The lowest BCUT2D eigenvalue weighted by atomic mass is 9.38. The van der Waals surface area contributed by atoms with Crippen LogP contribution < -0.4 is 10.1 Å². The third kappa shape index (κ3) is 5.28. The molecule has 0 spiro atoms. The molecule has 6 nitrogen and oxygen atoms in total. The second kappa shape index (κ2) is 8.37. The summed E-state index contributed by atoms with van der Waals surface area (Å²) in [6, 6.07) is 3.91. The van der Waals surface area contributed by atoms with E-state index in [-0.39, 0.29) is 72.0 Å². The first-order chi connectivity index (χ1) is 14.9. The number of alkyl halides is 3. The normalized spacial score (nSPS) is 30.4. The minimum absolute atomic E-state index is 0.0353. The van der Waals surface area contributed by atoms with Crippen molar-refractivity contribution in [1.82, 2.24) is 5.32 Å². The number of hydrogen-bond donors (Lipinski definition) is 1. The van der Waals surface area contributed by atoms with Gasteiger partial charge in [-0.05, 0) is 55.6 Å². The molecule has 4 aliphatic rings. The molecule has 4 fully saturated rings. The number of benzene rings is 1. The van der Waals surface area contributed by atoms with Crippen LogP contribution in [0.15, 0.2) is 18.2 Å². The average Bonchev–Trinajstić information content (AvgIpc) is 2.60. The van der Waals surface area contributed by atoms with Gasteiger partial charge >= 0.3 is 12.3 Å². The van der Waals surface area contributed by atoms with Gasteiger partial charge in [0.15, 0.2) is 6.61 Å². The summed E-state index contributed by atoms with van der Waals surface area (Å²) < 4.78 is 64.1. The molecule has 0 radical (unpaired) electrons. The van der Waals surface area contributed by atoms with E-state index in [1.165, 1.54) is 12.1 Å². The van der Waals surface area contributed by atoms with Crippen molar-refractivity contribution in [2.24, 2.45) is 11.3 Å². The van der Waals surface area contributed by atoms with Crippen LogP contribution in [0.2, 0.25) is 5.02 Å². The van der Waals surface area contributed by atoms with Crippen molar-refractivity contribution >= 4 is 23.5 Å². The second-order valence-electron chi connectivity index (χ2n) is 9.11. The lowest BCUT2D eigenvalue weighted by Crippen LogP contribution is -2.75. The van der Waals surface area contributed by atoms with E-state index in [1.54, 1.807) is 0 Å². The molecule has 0 aliphatic heterocycles. The summed E-state index contributed by atoms with van der Waals surface area (Å²) in [4.78, 5) is 24.2. The predicted molar refractivity (Wildman–Crippen MR) is 103 cm³/mol. The maximum Gasteiger partial charge on any atom is 0.522 e. The highest BCUT2D eigenvalue weighted by molar-refractivity contribution is 6.30. The Bertz CT molecular complexity index is 883. The first-order valence-corrected chi connectivity index (χ1v) is 10.6. The first kappa shape index (κ1) is 23.1. The van der Waals surface area contributed by atoms with Gasteiger partial charge in [-0.2, -0.15) is 0 Å². The SMILES string of the molecule is O=C(COc1ccc(Cl)c(F)c1)NC12CC(CC(=O)OCC3CC(OC(F)(F)F)C3)(C1)C2. The van der Waals surface area contributed by atoms with Gasteiger partial charge in [-0.3, -0.25) is 14.3 Å². The number of ether oxygens (including phenoxy) is 3. The van der Waals surface area contributed by atoms with E-state index in [0.29, 0.717) is 19.3 Å². The number of halogens is 5. The summed E-state index contributed by atoms with van der Waals surface area (Å²) >= 11 is 5.60. The molecule has 0 aromatic heterocycles. The van der Waals surface area contributed by atoms with Crippen molar-refractivity contribution in [3.63, 3.8) is 0 Å². The second-order valence-corrected chi connectivity index (χ2v) is 9.51. The van der Waals surface area contributed by atoms with Crippen LogP contribution in [0, 0.1) is 17.2 Å². The summed E-state index contributed by atoms with van der Waals surface area (Å²) in [6.07, 6.45) is -2.87. The van der Waals surface area contributed by atoms with E-state index < -0.39 is 18.3 Å². The maximum atomic E-state index is 13.4. The zero-order valence-corrected chi connectivity index (χ0v) is 17.7. The third-order valence-electron chi connectivity index (χ3n) is 6.30. The highest BCUT2D eigenvalue weighted by Crippen LogP contribution is 2.69. The number of carbonyl (C=O) groups is 2. The summed E-state index contributed by atoms with van der Waals surface area (Å²) in [7, 11) is 0. The average molecular weight is 480 g/mol. The number of amides is 1. The molecular weight excluding hydrogens is 458 g/mol. The molecule has 0 unspecified atom stereocenters. The van der Waals surface area contributed by atoms with Gasteiger partial charge in [-0.15, -0.1) is 13.2 Å². The Morgan fingerprint density at radius 2 is 1.88 bits per heavy atom. The monoisotopic (exact) mass is 479 g/mol. The fourth-order valence-corrected chi connectivity index (χ4v) is 5.15. The molecule has 1 amide bonds. The van der Waals surface area contributed by atoms with Crippen molar-refractivity contribution in [3.8, 4) is 5.75 Å². The van der Waals surface area contributed by atoms with Crippen LogP contribution in [-0.2, 0) is 19.1 Å². The van der Waals surface area contributed by atoms with Crippen molar-refractivity contribution in [2.45, 2.75) is 56.5 Å². The molecule has 0 atom stereocenters. The Hall–Kier alpha value is -2.07. The molecular formula is C21H22ClF4NO5. The fraction of sp³-hybridized carbons (Fsp3) is 0.619. The Kier molecular flexibility index (Phi) is 6.04. The van der Waals surface area contributed by atoms with E-state index in [4.69, 9.17) is 21.1 Å². The van der Waals surface area contributed by atoms with E-state index in [9.17, 15) is 27.2 Å². The van der Waals surface area contributed by atoms with Crippen molar-refractivity contribution in [1.29, 1.82) is 0 Å². The van der Waals surface area contributed by atoms with Gasteiger partial charge in [-0.25, -0.2) is 4.39 Å². The summed E-state index contributed by atoms with van der Waals surface area (Å²) in [6.45, 7) is -0.171. The van der Waals surface area contributed by atoms with Crippen molar-refractivity contribution in [2.75, 3.05) is 13.2 Å². The Balaban J connectivity index is 1.10. The molecule has 1 N–H and O–H groups in total. The quantitative estimate of drug-likeness (QED) is 0.425. The molecule has 5 rings (SSSR count). The van der Waals surface area contributed by atoms with E-state index in [1.807, 2.05) is 0 Å². The number of hydrogen-bond acceptors (Lipinski definition) is 5. The maximum absolute atomic E-state index is 13.4. The largest absolute Gasteiger partial charge is 0.522 e. The lowest BCUT2D eigenvalue weighted by Gasteiger charge is -2.70. The van der Waals surface area contributed by atoms with Crippen LogP contribution in [-0.4, -0.2) is 43.1 Å². The van der Waals surface area contributed by atoms with E-state index >= 15 is 0 Å². The molecule has 11 heteroatoms. The Labute approximate surface area is 186 Å². The zero-order valence-electron chi connectivity index (χ0n) is 17.0. The highest BCUT2D eigenvalue weighted by atomic mass is 35.5. The summed E-state index contributed by atoms with van der Waals surface area (Å²) in [5.41, 5.74) is -0.534. The summed E-state index contributed by atoms with van der Waals surface area (Å²) in [5.74, 6) is -1.26. The number of rotatable bonds is 9. The molecule has 0 saturated heterocycles. The first-order valence-electron chi connectivity index (χ1n) is 10.2. The Morgan fingerprint density at radius 3 is 2.50 bits per heavy atom. The van der Waals surface area contributed by atoms with Gasteiger partial charge in [-0.1, -0.05) is 11.6 Å². The molecule has 4 aliphatic carbocycles. The smallest absolute Gasteiger partial charge is 0.484 e. The van der Waals surface area contributed by atoms with Gasteiger partial charge in [0.05, 0.1) is 24.2 Å².